The van der Waals surface area contributed by atoms with E-state index in [1.165, 1.54) is 0 Å². The van der Waals surface area contributed by atoms with Gasteiger partial charge >= 0.3 is 0 Å². The van der Waals surface area contributed by atoms with Crippen molar-refractivity contribution in [3.05, 3.63) is 56.4 Å². The van der Waals surface area contributed by atoms with Crippen molar-refractivity contribution in [2.45, 2.75) is 20.4 Å². The molecule has 0 aliphatic heterocycles. The summed E-state index contributed by atoms with van der Waals surface area (Å²) >= 11 is 9.37. The number of rotatable bonds is 3. The molecule has 100 valence electrons. The number of nitrogens with zero attached hydrogens (tertiary/aromatic N) is 1. The molecule has 0 radical (unpaired) electrons. The van der Waals surface area contributed by atoms with E-state index < -0.39 is 0 Å². The summed E-state index contributed by atoms with van der Waals surface area (Å²) in [5, 5.41) is 3.69. The molecule has 1 N–H and O–H groups in total. The quantitative estimate of drug-likeness (QED) is 0.860. The summed E-state index contributed by atoms with van der Waals surface area (Å²) in [7, 11) is 0. The molecule has 2 aromatic rings. The van der Waals surface area contributed by atoms with Gasteiger partial charge in [0.05, 0.1) is 5.02 Å². The van der Waals surface area contributed by atoms with Gasteiger partial charge in [0.25, 0.3) is 0 Å². The van der Waals surface area contributed by atoms with Gasteiger partial charge in [0.15, 0.2) is 0 Å². The lowest BCUT2D eigenvalue weighted by molar-refractivity contribution is 0.608. The van der Waals surface area contributed by atoms with Crippen LogP contribution in [0.3, 0.4) is 0 Å². The molecule has 0 bridgehead atoms. The predicted molar refractivity (Wildman–Crippen MR) is 80.1 cm³/mol. The van der Waals surface area contributed by atoms with Gasteiger partial charge < -0.3 is 5.32 Å². The molecule has 0 fully saturated rings. The van der Waals surface area contributed by atoms with E-state index >= 15 is 0 Å². The molecule has 1 heterocycles. The highest BCUT2D eigenvalue weighted by Gasteiger charge is 2.06. The van der Waals surface area contributed by atoms with Crippen LogP contribution in [0.1, 0.15) is 16.7 Å². The zero-order valence-electron chi connectivity index (χ0n) is 10.6. The molecule has 0 atom stereocenters. The van der Waals surface area contributed by atoms with E-state index in [1.54, 1.807) is 26.1 Å². The van der Waals surface area contributed by atoms with Gasteiger partial charge in [-0.1, -0.05) is 23.7 Å². The highest BCUT2D eigenvalue weighted by atomic mass is 79.9. The number of halogens is 3. The van der Waals surface area contributed by atoms with Crippen LogP contribution >= 0.6 is 27.5 Å². The topological polar surface area (TPSA) is 24.9 Å². The van der Waals surface area contributed by atoms with Crippen molar-refractivity contribution in [2.24, 2.45) is 0 Å². The molecule has 5 heteroatoms. The van der Waals surface area contributed by atoms with E-state index in [2.05, 4.69) is 26.2 Å². The second-order valence-corrected chi connectivity index (χ2v) is 5.70. The summed E-state index contributed by atoms with van der Waals surface area (Å²) in [5.41, 5.74) is 2.29. The van der Waals surface area contributed by atoms with Gasteiger partial charge in [-0.3, -0.25) is 0 Å². The van der Waals surface area contributed by atoms with Crippen LogP contribution in [0.4, 0.5) is 10.2 Å². The van der Waals surface area contributed by atoms with Crippen LogP contribution in [0.25, 0.3) is 0 Å². The Bertz CT molecular complexity index is 593. The van der Waals surface area contributed by atoms with Crippen molar-refractivity contribution >= 4 is 33.3 Å². The summed E-state index contributed by atoms with van der Waals surface area (Å²) in [6, 6.07) is 5.42. The Hall–Kier alpha value is -1.13. The number of aryl methyl sites for hydroxylation is 2. The average molecular weight is 344 g/mol. The number of nitrogens with one attached hydrogen (secondary N) is 1. The van der Waals surface area contributed by atoms with Gasteiger partial charge in [0.1, 0.15) is 11.6 Å². The summed E-state index contributed by atoms with van der Waals surface area (Å²) in [6.45, 7) is 4.07. The minimum absolute atomic E-state index is 0.149. The Morgan fingerprint density at radius 1 is 1.26 bits per heavy atom. The van der Waals surface area contributed by atoms with Crippen molar-refractivity contribution in [2.75, 3.05) is 5.32 Å². The van der Waals surface area contributed by atoms with Gasteiger partial charge in [-0.2, -0.15) is 0 Å². The smallest absolute Gasteiger partial charge is 0.145 e. The van der Waals surface area contributed by atoms with Crippen molar-refractivity contribution in [1.29, 1.82) is 0 Å². The third-order valence-corrected chi connectivity index (χ3v) is 3.49. The number of hydrogen-bond acceptors (Lipinski definition) is 2. The number of aromatic nitrogens is 1. The molecule has 0 spiro atoms. The molecule has 19 heavy (non-hydrogen) atoms. The first-order valence-electron chi connectivity index (χ1n) is 5.78. The maximum absolute atomic E-state index is 13.5. The molecule has 0 unspecified atom stereocenters. The third kappa shape index (κ3) is 3.45. The maximum atomic E-state index is 13.5. The Balaban J connectivity index is 2.14. The van der Waals surface area contributed by atoms with Gasteiger partial charge in [0.2, 0.25) is 0 Å². The van der Waals surface area contributed by atoms with E-state index in [1.807, 2.05) is 12.1 Å². The summed E-state index contributed by atoms with van der Waals surface area (Å²) in [6.07, 6.45) is 1.68. The molecule has 0 aliphatic rings. The lowest BCUT2D eigenvalue weighted by atomic mass is 10.1. The van der Waals surface area contributed by atoms with Crippen molar-refractivity contribution < 1.29 is 4.39 Å². The monoisotopic (exact) mass is 342 g/mol. The van der Waals surface area contributed by atoms with E-state index in [0.29, 0.717) is 28.5 Å². The highest BCUT2D eigenvalue weighted by Crippen LogP contribution is 2.23. The van der Waals surface area contributed by atoms with Gasteiger partial charge in [-0.05, 0) is 52.5 Å². The Morgan fingerprint density at radius 2 is 1.89 bits per heavy atom. The number of anilines is 1. The molecular weight excluding hydrogens is 331 g/mol. The van der Waals surface area contributed by atoms with E-state index in [-0.39, 0.29) is 5.82 Å². The lowest BCUT2D eigenvalue weighted by Crippen LogP contribution is -2.03. The molecule has 2 rings (SSSR count). The van der Waals surface area contributed by atoms with Crippen molar-refractivity contribution in [1.82, 2.24) is 4.98 Å². The Morgan fingerprint density at radius 3 is 2.47 bits per heavy atom. The van der Waals surface area contributed by atoms with Crippen LogP contribution in [-0.2, 0) is 6.54 Å². The molecule has 0 saturated heterocycles. The van der Waals surface area contributed by atoms with Crippen LogP contribution in [-0.4, -0.2) is 4.98 Å². The largest absolute Gasteiger partial charge is 0.365 e. The zero-order chi connectivity index (χ0) is 14.0. The summed E-state index contributed by atoms with van der Waals surface area (Å²) in [4.78, 5) is 4.19. The number of pyridine rings is 1. The maximum Gasteiger partial charge on any atom is 0.145 e. The molecule has 1 aromatic carbocycles. The minimum Gasteiger partial charge on any atom is -0.365 e. The molecule has 0 amide bonds. The molecular formula is C14H13BrClFN2. The fourth-order valence-corrected chi connectivity index (χ4v) is 2.56. The van der Waals surface area contributed by atoms with Crippen LogP contribution < -0.4 is 5.32 Å². The van der Waals surface area contributed by atoms with Gasteiger partial charge in [0, 0.05) is 17.2 Å². The first-order valence-corrected chi connectivity index (χ1v) is 6.95. The average Bonchev–Trinajstić information content (AvgIpc) is 2.34. The number of benzene rings is 1. The SMILES string of the molecule is Cc1cc(CNc2ncc(Br)cc2Cl)cc(C)c1F. The van der Waals surface area contributed by atoms with E-state index in [4.69, 9.17) is 11.6 Å². The van der Waals surface area contributed by atoms with Crippen LogP contribution in [0.5, 0.6) is 0 Å². The van der Waals surface area contributed by atoms with Crippen LogP contribution in [0.2, 0.25) is 5.02 Å². The second kappa shape index (κ2) is 5.88. The molecule has 0 aliphatic carbocycles. The van der Waals surface area contributed by atoms with Crippen molar-refractivity contribution in [3.8, 4) is 0 Å². The van der Waals surface area contributed by atoms with E-state index in [9.17, 15) is 4.39 Å². The van der Waals surface area contributed by atoms with Gasteiger partial charge in [-0.25, -0.2) is 9.37 Å². The van der Waals surface area contributed by atoms with Crippen LogP contribution in [0.15, 0.2) is 28.9 Å². The standard InChI is InChI=1S/C14H13BrClFN2/c1-8-3-10(4-9(2)13(8)17)6-18-14-12(16)5-11(15)7-19-14/h3-5,7H,6H2,1-2H3,(H,18,19). The highest BCUT2D eigenvalue weighted by molar-refractivity contribution is 9.10. The first kappa shape index (κ1) is 14.3. The minimum atomic E-state index is -0.149. The van der Waals surface area contributed by atoms with Crippen LogP contribution in [0, 0.1) is 19.7 Å². The summed E-state index contributed by atoms with van der Waals surface area (Å²) < 4.78 is 14.4. The first-order chi connectivity index (χ1) is 8.97. The van der Waals surface area contributed by atoms with Gasteiger partial charge in [-0.15, -0.1) is 0 Å². The fourth-order valence-electron chi connectivity index (χ4n) is 1.87. The second-order valence-electron chi connectivity index (χ2n) is 4.38. The lowest BCUT2D eigenvalue weighted by Gasteiger charge is -2.10. The number of hydrogen-bond donors (Lipinski definition) is 1. The molecule has 1 aromatic heterocycles. The van der Waals surface area contributed by atoms with Crippen molar-refractivity contribution in [3.63, 3.8) is 0 Å². The Labute approximate surface area is 125 Å². The molecule has 2 nitrogen and oxygen atoms in total. The third-order valence-electron chi connectivity index (χ3n) is 2.76. The predicted octanol–water partition coefficient (Wildman–Crippen LogP) is 4.87. The zero-order valence-corrected chi connectivity index (χ0v) is 12.9. The summed E-state index contributed by atoms with van der Waals surface area (Å²) in [5.74, 6) is 0.466. The van der Waals surface area contributed by atoms with E-state index in [0.717, 1.165) is 10.0 Å². The Kier molecular flexibility index (Phi) is 4.42. The normalized spacial score (nSPS) is 10.6. The fraction of sp³-hybridized carbons (Fsp3) is 0.214. The molecule has 0 saturated carbocycles.